The first-order valence-electron chi connectivity index (χ1n) is 5.12. The quantitative estimate of drug-likeness (QED) is 0.859. The van der Waals surface area contributed by atoms with Crippen molar-refractivity contribution in [2.24, 2.45) is 0 Å². The van der Waals surface area contributed by atoms with Gasteiger partial charge in [-0.25, -0.2) is 9.97 Å². The van der Waals surface area contributed by atoms with Crippen LogP contribution in [0.25, 0.3) is 0 Å². The SMILES string of the molecule is Cc1ccccc1C(=O)Nc1ncnc(Cl)c1Cl. The maximum atomic E-state index is 12.0. The van der Waals surface area contributed by atoms with Crippen LogP contribution in [0.1, 0.15) is 15.9 Å². The van der Waals surface area contributed by atoms with E-state index in [1.165, 1.54) is 6.33 Å². The number of nitrogens with zero attached hydrogens (tertiary/aromatic N) is 2. The molecular weight excluding hydrogens is 273 g/mol. The first-order valence-corrected chi connectivity index (χ1v) is 5.88. The third-order valence-electron chi connectivity index (χ3n) is 2.37. The average Bonchev–Trinajstić information content (AvgIpc) is 2.35. The van der Waals surface area contributed by atoms with E-state index < -0.39 is 0 Å². The van der Waals surface area contributed by atoms with Gasteiger partial charge < -0.3 is 5.32 Å². The zero-order valence-electron chi connectivity index (χ0n) is 9.45. The van der Waals surface area contributed by atoms with Gasteiger partial charge >= 0.3 is 0 Å². The lowest BCUT2D eigenvalue weighted by atomic mass is 10.1. The van der Waals surface area contributed by atoms with Gasteiger partial charge in [0.1, 0.15) is 11.3 Å². The summed E-state index contributed by atoms with van der Waals surface area (Å²) < 4.78 is 0. The summed E-state index contributed by atoms with van der Waals surface area (Å²) in [7, 11) is 0. The summed E-state index contributed by atoms with van der Waals surface area (Å²) >= 11 is 11.6. The van der Waals surface area contributed by atoms with Crippen molar-refractivity contribution in [1.29, 1.82) is 0 Å². The molecule has 92 valence electrons. The van der Waals surface area contributed by atoms with Crippen LogP contribution in [0.4, 0.5) is 5.82 Å². The number of carbonyl (C=O) groups is 1. The summed E-state index contributed by atoms with van der Waals surface area (Å²) in [5.41, 5.74) is 1.43. The van der Waals surface area contributed by atoms with Gasteiger partial charge in [0.15, 0.2) is 11.0 Å². The van der Waals surface area contributed by atoms with E-state index in [1.807, 2.05) is 19.1 Å². The number of anilines is 1. The number of amides is 1. The molecule has 1 heterocycles. The molecule has 0 spiro atoms. The summed E-state index contributed by atoms with van der Waals surface area (Å²) in [5, 5.41) is 2.83. The molecule has 2 rings (SSSR count). The Morgan fingerprint density at radius 3 is 2.67 bits per heavy atom. The van der Waals surface area contributed by atoms with E-state index in [2.05, 4.69) is 15.3 Å². The molecule has 6 heteroatoms. The topological polar surface area (TPSA) is 54.9 Å². The molecule has 2 aromatic rings. The van der Waals surface area contributed by atoms with Crippen LogP contribution in [0.15, 0.2) is 30.6 Å². The Kier molecular flexibility index (Phi) is 3.79. The maximum Gasteiger partial charge on any atom is 0.257 e. The second kappa shape index (κ2) is 5.33. The van der Waals surface area contributed by atoms with Gasteiger partial charge in [0, 0.05) is 5.56 Å². The van der Waals surface area contributed by atoms with Crippen molar-refractivity contribution in [3.8, 4) is 0 Å². The minimum Gasteiger partial charge on any atom is -0.305 e. The molecule has 0 aliphatic carbocycles. The molecule has 0 aliphatic heterocycles. The molecule has 0 radical (unpaired) electrons. The predicted molar refractivity (Wildman–Crippen MR) is 71.2 cm³/mol. The summed E-state index contributed by atoms with van der Waals surface area (Å²) in [6.45, 7) is 1.85. The third kappa shape index (κ3) is 2.60. The zero-order chi connectivity index (χ0) is 13.1. The predicted octanol–water partition coefficient (Wildman–Crippen LogP) is 3.34. The summed E-state index contributed by atoms with van der Waals surface area (Å²) in [4.78, 5) is 19.6. The zero-order valence-corrected chi connectivity index (χ0v) is 11.0. The van der Waals surface area contributed by atoms with Crippen molar-refractivity contribution < 1.29 is 4.79 Å². The molecule has 18 heavy (non-hydrogen) atoms. The average molecular weight is 282 g/mol. The minimum atomic E-state index is -0.287. The number of hydrogen-bond donors (Lipinski definition) is 1. The number of aromatic nitrogens is 2. The molecule has 0 unspecified atom stereocenters. The number of hydrogen-bond acceptors (Lipinski definition) is 3. The first kappa shape index (κ1) is 12.8. The Bertz CT molecular complexity index is 602. The molecule has 1 aromatic carbocycles. The molecule has 0 bridgehead atoms. The Hall–Kier alpha value is -1.65. The Morgan fingerprint density at radius 2 is 1.94 bits per heavy atom. The van der Waals surface area contributed by atoms with Gasteiger partial charge in [-0.2, -0.15) is 0 Å². The highest BCUT2D eigenvalue weighted by Gasteiger charge is 2.13. The molecule has 1 aromatic heterocycles. The van der Waals surface area contributed by atoms with Gasteiger partial charge in [-0.15, -0.1) is 0 Å². The fourth-order valence-electron chi connectivity index (χ4n) is 1.44. The van der Waals surface area contributed by atoms with Crippen LogP contribution in [-0.2, 0) is 0 Å². The smallest absolute Gasteiger partial charge is 0.257 e. The molecule has 1 N–H and O–H groups in total. The van der Waals surface area contributed by atoms with Crippen LogP contribution in [0.2, 0.25) is 10.2 Å². The normalized spacial score (nSPS) is 10.2. The van der Waals surface area contributed by atoms with Crippen LogP contribution in [-0.4, -0.2) is 15.9 Å². The monoisotopic (exact) mass is 281 g/mol. The molecule has 0 aliphatic rings. The minimum absolute atomic E-state index is 0.103. The summed E-state index contributed by atoms with van der Waals surface area (Å²) in [5.74, 6) is -0.0883. The fourth-order valence-corrected chi connectivity index (χ4v) is 1.72. The number of nitrogens with one attached hydrogen (secondary N) is 1. The van der Waals surface area contributed by atoms with E-state index in [4.69, 9.17) is 23.2 Å². The molecule has 0 fully saturated rings. The molecule has 0 saturated carbocycles. The number of benzene rings is 1. The number of rotatable bonds is 2. The van der Waals surface area contributed by atoms with Crippen LogP contribution < -0.4 is 5.32 Å². The summed E-state index contributed by atoms with van der Waals surface area (Å²) in [6, 6.07) is 7.22. The highest BCUT2D eigenvalue weighted by molar-refractivity contribution is 6.43. The van der Waals surface area contributed by atoms with E-state index in [0.717, 1.165) is 5.56 Å². The number of carbonyl (C=O) groups excluding carboxylic acids is 1. The van der Waals surface area contributed by atoms with Gasteiger partial charge in [-0.3, -0.25) is 4.79 Å². The van der Waals surface area contributed by atoms with Gasteiger partial charge in [0.05, 0.1) is 0 Å². The molecule has 1 amide bonds. The van der Waals surface area contributed by atoms with Crippen molar-refractivity contribution in [1.82, 2.24) is 9.97 Å². The van der Waals surface area contributed by atoms with Crippen LogP contribution in [0.3, 0.4) is 0 Å². The van der Waals surface area contributed by atoms with Crippen molar-refractivity contribution in [3.05, 3.63) is 51.9 Å². The van der Waals surface area contributed by atoms with Gasteiger partial charge in [0.25, 0.3) is 5.91 Å². The van der Waals surface area contributed by atoms with Crippen molar-refractivity contribution in [3.63, 3.8) is 0 Å². The maximum absolute atomic E-state index is 12.0. The number of aryl methyl sites for hydroxylation is 1. The summed E-state index contributed by atoms with van der Waals surface area (Å²) in [6.07, 6.45) is 1.24. The lowest BCUT2D eigenvalue weighted by Gasteiger charge is -2.08. The molecule has 4 nitrogen and oxygen atoms in total. The standard InChI is InChI=1S/C12H9Cl2N3O/c1-7-4-2-3-5-8(7)12(18)17-11-9(13)10(14)15-6-16-11/h2-6H,1H3,(H,15,16,17,18). The Labute approximate surface area is 114 Å². The van der Waals surface area contributed by atoms with E-state index in [1.54, 1.807) is 12.1 Å². The lowest BCUT2D eigenvalue weighted by molar-refractivity contribution is 0.102. The van der Waals surface area contributed by atoms with Crippen LogP contribution in [0.5, 0.6) is 0 Å². The molecule has 0 saturated heterocycles. The van der Waals surface area contributed by atoms with Crippen LogP contribution >= 0.6 is 23.2 Å². The van der Waals surface area contributed by atoms with E-state index in [0.29, 0.717) is 5.56 Å². The second-order valence-corrected chi connectivity index (χ2v) is 4.33. The lowest BCUT2D eigenvalue weighted by Crippen LogP contribution is -2.14. The van der Waals surface area contributed by atoms with Gasteiger partial charge in [0.2, 0.25) is 0 Å². The number of halogens is 2. The Balaban J connectivity index is 2.27. The van der Waals surface area contributed by atoms with E-state index in [-0.39, 0.29) is 21.9 Å². The Morgan fingerprint density at radius 1 is 1.22 bits per heavy atom. The van der Waals surface area contributed by atoms with E-state index >= 15 is 0 Å². The van der Waals surface area contributed by atoms with Crippen molar-refractivity contribution >= 4 is 34.9 Å². The molecule has 0 atom stereocenters. The highest BCUT2D eigenvalue weighted by atomic mass is 35.5. The first-order chi connectivity index (χ1) is 8.59. The largest absolute Gasteiger partial charge is 0.305 e. The second-order valence-electron chi connectivity index (χ2n) is 3.60. The highest BCUT2D eigenvalue weighted by Crippen LogP contribution is 2.25. The van der Waals surface area contributed by atoms with Gasteiger partial charge in [-0.1, -0.05) is 41.4 Å². The molecular formula is C12H9Cl2N3O. The third-order valence-corrected chi connectivity index (χ3v) is 3.11. The van der Waals surface area contributed by atoms with Crippen molar-refractivity contribution in [2.45, 2.75) is 6.92 Å². The fraction of sp³-hybridized carbons (Fsp3) is 0.0833. The van der Waals surface area contributed by atoms with E-state index in [9.17, 15) is 4.79 Å². The van der Waals surface area contributed by atoms with Crippen LogP contribution in [0, 0.1) is 6.92 Å². The van der Waals surface area contributed by atoms with Gasteiger partial charge in [-0.05, 0) is 18.6 Å². The van der Waals surface area contributed by atoms with Crippen molar-refractivity contribution in [2.75, 3.05) is 5.32 Å².